The molecule has 1 aromatic heterocycles. The number of aromatic amines is 1. The first-order valence-electron chi connectivity index (χ1n) is 10.1. The van der Waals surface area contributed by atoms with Crippen molar-refractivity contribution in [1.82, 2.24) is 25.9 Å². The van der Waals surface area contributed by atoms with Gasteiger partial charge in [0.15, 0.2) is 0 Å². The molecule has 0 aliphatic heterocycles. The highest BCUT2D eigenvalue weighted by molar-refractivity contribution is 7.98. The van der Waals surface area contributed by atoms with E-state index in [0.717, 1.165) is 0 Å². The summed E-state index contributed by atoms with van der Waals surface area (Å²) < 4.78 is 0. The number of rotatable bonds is 15. The first-order valence-corrected chi connectivity index (χ1v) is 11.5. The molecule has 1 heterocycles. The van der Waals surface area contributed by atoms with Gasteiger partial charge in [-0.05, 0) is 31.8 Å². The fourth-order valence-corrected chi connectivity index (χ4v) is 3.18. The minimum absolute atomic E-state index is 0.186. The van der Waals surface area contributed by atoms with Gasteiger partial charge in [0.05, 0.1) is 12.4 Å². The van der Waals surface area contributed by atoms with E-state index in [1.807, 2.05) is 0 Å². The third-order valence-electron chi connectivity index (χ3n) is 4.59. The summed E-state index contributed by atoms with van der Waals surface area (Å²) in [7, 11) is 0. The fraction of sp³-hybridized carbons (Fsp3) is 0.579. The maximum absolute atomic E-state index is 12.6. The van der Waals surface area contributed by atoms with Crippen LogP contribution in [0.3, 0.4) is 0 Å². The number of thioether (sulfide) groups is 1. The minimum Gasteiger partial charge on any atom is -0.481 e. The number of hydrogen-bond acceptors (Lipinski definition) is 8. The minimum atomic E-state index is -1.42. The van der Waals surface area contributed by atoms with E-state index < -0.39 is 60.2 Å². The van der Waals surface area contributed by atoms with Crippen molar-refractivity contribution in [3.05, 3.63) is 18.2 Å². The molecule has 3 amide bonds. The first-order chi connectivity index (χ1) is 15.5. The van der Waals surface area contributed by atoms with Crippen molar-refractivity contribution < 1.29 is 34.2 Å². The van der Waals surface area contributed by atoms with Crippen LogP contribution in [0.1, 0.15) is 31.9 Å². The molecule has 33 heavy (non-hydrogen) atoms. The zero-order chi connectivity index (χ0) is 25.0. The zero-order valence-corrected chi connectivity index (χ0v) is 19.2. The van der Waals surface area contributed by atoms with Gasteiger partial charge in [-0.25, -0.2) is 9.78 Å². The van der Waals surface area contributed by atoms with Gasteiger partial charge in [0.2, 0.25) is 17.7 Å². The Balaban J connectivity index is 2.71. The van der Waals surface area contributed by atoms with Gasteiger partial charge in [-0.15, -0.1) is 0 Å². The smallest absolute Gasteiger partial charge is 0.326 e. The molecule has 0 aliphatic carbocycles. The lowest BCUT2D eigenvalue weighted by molar-refractivity contribution is -0.143. The average Bonchev–Trinajstić information content (AvgIpc) is 3.26. The van der Waals surface area contributed by atoms with Crippen LogP contribution in [0.25, 0.3) is 0 Å². The Hall–Kier alpha value is -3.13. The van der Waals surface area contributed by atoms with Gasteiger partial charge in [-0.3, -0.25) is 19.2 Å². The highest BCUT2D eigenvalue weighted by Gasteiger charge is 2.29. The molecule has 1 rings (SSSR count). The summed E-state index contributed by atoms with van der Waals surface area (Å²) in [6, 6.07) is -4.44. The number of carboxylic acid groups (broad SMARTS) is 2. The Morgan fingerprint density at radius 2 is 1.73 bits per heavy atom. The van der Waals surface area contributed by atoms with Crippen LogP contribution in [0, 0.1) is 0 Å². The summed E-state index contributed by atoms with van der Waals surface area (Å²) in [6.07, 6.45) is 4.41. The lowest BCUT2D eigenvalue weighted by Crippen LogP contribution is -2.56. The molecular weight excluding hydrogens is 456 g/mol. The molecule has 4 atom stereocenters. The highest BCUT2D eigenvalue weighted by Crippen LogP contribution is 2.05. The molecule has 0 radical (unpaired) electrons. The van der Waals surface area contributed by atoms with Crippen molar-refractivity contribution in [2.75, 3.05) is 12.0 Å². The van der Waals surface area contributed by atoms with Gasteiger partial charge in [0, 0.05) is 24.7 Å². The van der Waals surface area contributed by atoms with Gasteiger partial charge in [-0.1, -0.05) is 0 Å². The zero-order valence-electron chi connectivity index (χ0n) is 18.4. The third kappa shape index (κ3) is 10.4. The van der Waals surface area contributed by atoms with Gasteiger partial charge in [0.25, 0.3) is 0 Å². The number of carboxylic acids is 2. The largest absolute Gasteiger partial charge is 0.481 e. The molecule has 13 nitrogen and oxygen atoms in total. The Labute approximate surface area is 194 Å². The van der Waals surface area contributed by atoms with Crippen LogP contribution in [0.4, 0.5) is 0 Å². The number of nitrogens with zero attached hydrogens (tertiary/aromatic N) is 1. The lowest BCUT2D eigenvalue weighted by atomic mass is 10.1. The number of hydrogen-bond donors (Lipinski definition) is 7. The van der Waals surface area contributed by atoms with Crippen LogP contribution in [0.15, 0.2) is 12.5 Å². The van der Waals surface area contributed by atoms with Crippen molar-refractivity contribution in [2.45, 2.75) is 56.8 Å². The number of aromatic nitrogens is 2. The van der Waals surface area contributed by atoms with Crippen LogP contribution in [0.5, 0.6) is 0 Å². The maximum Gasteiger partial charge on any atom is 0.326 e. The van der Waals surface area contributed by atoms with E-state index in [-0.39, 0.29) is 19.3 Å². The second-order valence-corrected chi connectivity index (χ2v) is 8.28. The standard InChI is InChI=1S/C19H30N6O7S/c1-10(23-17(29)12(20)7-11-8-21-9-22-11)16(28)24-13(5-6-33-2)18(30)25-14(19(31)32)3-4-15(26)27/h8-10,12-14H,3-7,20H2,1-2H3,(H,21,22)(H,23,29)(H,24,28)(H,25,30)(H,26,27)(H,31,32). The van der Waals surface area contributed by atoms with Gasteiger partial charge < -0.3 is 36.9 Å². The van der Waals surface area contributed by atoms with E-state index >= 15 is 0 Å². The molecule has 184 valence electrons. The number of H-pyrrole nitrogens is 1. The van der Waals surface area contributed by atoms with E-state index in [1.54, 1.807) is 6.26 Å². The molecule has 8 N–H and O–H groups in total. The number of amides is 3. The molecule has 0 spiro atoms. The number of imidazole rings is 1. The summed E-state index contributed by atoms with van der Waals surface area (Å²) in [4.78, 5) is 66.2. The van der Waals surface area contributed by atoms with Crippen LogP contribution >= 0.6 is 11.8 Å². The molecular formula is C19H30N6O7S. The molecule has 0 aromatic carbocycles. The topological polar surface area (TPSA) is 217 Å². The lowest BCUT2D eigenvalue weighted by Gasteiger charge is -2.23. The Morgan fingerprint density at radius 1 is 1.06 bits per heavy atom. The fourth-order valence-electron chi connectivity index (χ4n) is 2.71. The van der Waals surface area contributed by atoms with Gasteiger partial charge >= 0.3 is 11.9 Å². The monoisotopic (exact) mass is 486 g/mol. The SMILES string of the molecule is CSCCC(NC(=O)C(C)NC(=O)C(N)Cc1cnc[nH]1)C(=O)NC(CCC(=O)O)C(=O)O. The predicted molar refractivity (Wildman–Crippen MR) is 119 cm³/mol. The third-order valence-corrected chi connectivity index (χ3v) is 5.23. The molecule has 4 unspecified atom stereocenters. The van der Waals surface area contributed by atoms with E-state index in [1.165, 1.54) is 31.2 Å². The quantitative estimate of drug-likeness (QED) is 0.151. The number of carbonyl (C=O) groups excluding carboxylic acids is 3. The summed E-state index contributed by atoms with van der Waals surface area (Å²) in [5.41, 5.74) is 6.50. The predicted octanol–water partition coefficient (Wildman–Crippen LogP) is -1.54. The summed E-state index contributed by atoms with van der Waals surface area (Å²) in [6.45, 7) is 1.42. The molecule has 1 aromatic rings. The second-order valence-electron chi connectivity index (χ2n) is 7.29. The molecule has 0 bridgehead atoms. The molecule has 0 aliphatic rings. The Kier molecular flexibility index (Phi) is 11.9. The van der Waals surface area contributed by atoms with E-state index in [9.17, 15) is 29.1 Å². The van der Waals surface area contributed by atoms with Crippen LogP contribution < -0.4 is 21.7 Å². The van der Waals surface area contributed by atoms with Gasteiger partial charge in [-0.2, -0.15) is 11.8 Å². The number of nitrogens with one attached hydrogen (secondary N) is 4. The van der Waals surface area contributed by atoms with Crippen molar-refractivity contribution in [3.8, 4) is 0 Å². The molecule has 14 heteroatoms. The van der Waals surface area contributed by atoms with Crippen LogP contribution in [0.2, 0.25) is 0 Å². The number of nitrogens with two attached hydrogens (primary N) is 1. The summed E-state index contributed by atoms with van der Waals surface area (Å²) >= 11 is 1.42. The Morgan fingerprint density at radius 3 is 2.27 bits per heavy atom. The van der Waals surface area contributed by atoms with Crippen molar-refractivity contribution in [1.29, 1.82) is 0 Å². The van der Waals surface area contributed by atoms with Crippen molar-refractivity contribution >= 4 is 41.4 Å². The molecule has 0 saturated heterocycles. The normalized spacial score (nSPS) is 14.4. The summed E-state index contributed by atoms with van der Waals surface area (Å²) in [5, 5.41) is 25.2. The molecule has 0 saturated carbocycles. The number of carbonyl (C=O) groups is 5. The second kappa shape index (κ2) is 14.1. The van der Waals surface area contributed by atoms with Gasteiger partial charge in [0.1, 0.15) is 18.1 Å². The molecule has 0 fully saturated rings. The maximum atomic E-state index is 12.6. The van der Waals surface area contributed by atoms with Crippen molar-refractivity contribution in [2.24, 2.45) is 5.73 Å². The van der Waals surface area contributed by atoms with Crippen LogP contribution in [-0.2, 0) is 30.4 Å². The van der Waals surface area contributed by atoms with E-state index in [2.05, 4.69) is 25.9 Å². The Bertz CT molecular complexity index is 820. The van der Waals surface area contributed by atoms with Crippen molar-refractivity contribution in [3.63, 3.8) is 0 Å². The first kappa shape index (κ1) is 27.9. The van der Waals surface area contributed by atoms with E-state index in [0.29, 0.717) is 11.4 Å². The average molecular weight is 487 g/mol. The van der Waals surface area contributed by atoms with Crippen LogP contribution in [-0.4, -0.2) is 86.0 Å². The summed E-state index contributed by atoms with van der Waals surface area (Å²) in [5.74, 6) is -4.08. The number of aliphatic carboxylic acids is 2. The van der Waals surface area contributed by atoms with E-state index in [4.69, 9.17) is 10.8 Å². The highest BCUT2D eigenvalue weighted by atomic mass is 32.2.